The van der Waals surface area contributed by atoms with Crippen molar-refractivity contribution in [1.82, 2.24) is 4.31 Å². The Balaban J connectivity index is 1.40. The van der Waals surface area contributed by atoms with Gasteiger partial charge in [-0.2, -0.15) is 4.31 Å². The lowest BCUT2D eigenvalue weighted by molar-refractivity contribution is -0.115. The maximum atomic E-state index is 13.2. The number of hydrogen-bond donors (Lipinski definition) is 1. The van der Waals surface area contributed by atoms with Crippen LogP contribution in [0.25, 0.3) is 0 Å². The van der Waals surface area contributed by atoms with Crippen LogP contribution in [0.1, 0.15) is 23.1 Å². The zero-order valence-corrected chi connectivity index (χ0v) is 20.1. The molecule has 0 spiro atoms. The van der Waals surface area contributed by atoms with Gasteiger partial charge < -0.3 is 19.7 Å². The predicted molar refractivity (Wildman–Crippen MR) is 130 cm³/mol. The summed E-state index contributed by atoms with van der Waals surface area (Å²) in [7, 11) is -3.67. The zero-order chi connectivity index (χ0) is 23.5. The lowest BCUT2D eigenvalue weighted by Crippen LogP contribution is -2.40. The topological polar surface area (TPSA) is 88.2 Å². The van der Waals surface area contributed by atoms with Crippen molar-refractivity contribution < 1.29 is 22.7 Å². The van der Waals surface area contributed by atoms with Gasteiger partial charge in [-0.05, 0) is 54.2 Å². The molecule has 2 saturated heterocycles. The Morgan fingerprint density at radius 2 is 1.59 bits per heavy atom. The minimum absolute atomic E-state index is 0.159. The molecular weight excluding hydrogens is 454 g/mol. The number of benzene rings is 2. The second-order valence-electron chi connectivity index (χ2n) is 8.98. The predicted octanol–water partition coefficient (Wildman–Crippen LogP) is 2.21. The van der Waals surface area contributed by atoms with Gasteiger partial charge in [0, 0.05) is 26.2 Å². The van der Waals surface area contributed by atoms with Crippen molar-refractivity contribution in [3.05, 3.63) is 53.1 Å². The summed E-state index contributed by atoms with van der Waals surface area (Å²) in [5.74, 6) is -0.159. The molecule has 0 bridgehead atoms. The van der Waals surface area contributed by atoms with Gasteiger partial charge in [-0.3, -0.25) is 4.79 Å². The Hall–Kier alpha value is -2.46. The van der Waals surface area contributed by atoms with E-state index in [-0.39, 0.29) is 17.2 Å². The number of morpholine rings is 2. The van der Waals surface area contributed by atoms with Crippen LogP contribution in [0.15, 0.2) is 41.3 Å². The number of nitrogens with one attached hydrogen (secondary N) is 1. The van der Waals surface area contributed by atoms with E-state index in [1.807, 2.05) is 6.07 Å². The van der Waals surface area contributed by atoms with Crippen LogP contribution in [0.2, 0.25) is 0 Å². The molecule has 182 valence electrons. The van der Waals surface area contributed by atoms with Crippen LogP contribution in [0.3, 0.4) is 0 Å². The molecule has 1 amide bonds. The molecule has 2 aromatic carbocycles. The molecule has 0 atom stereocenters. The maximum Gasteiger partial charge on any atom is 0.243 e. The highest BCUT2D eigenvalue weighted by atomic mass is 32.2. The van der Waals surface area contributed by atoms with E-state index < -0.39 is 10.0 Å². The summed E-state index contributed by atoms with van der Waals surface area (Å²) in [5, 5.41) is 3.01. The summed E-state index contributed by atoms with van der Waals surface area (Å²) in [4.78, 5) is 15.4. The Labute approximate surface area is 200 Å². The highest BCUT2D eigenvalue weighted by molar-refractivity contribution is 7.89. The normalized spacial score (nSPS) is 19.1. The van der Waals surface area contributed by atoms with Crippen molar-refractivity contribution in [3.8, 4) is 0 Å². The molecule has 2 heterocycles. The van der Waals surface area contributed by atoms with E-state index in [1.54, 1.807) is 18.2 Å². The van der Waals surface area contributed by atoms with Crippen molar-refractivity contribution in [2.24, 2.45) is 0 Å². The van der Waals surface area contributed by atoms with Gasteiger partial charge in [0.15, 0.2) is 0 Å². The van der Waals surface area contributed by atoms with Crippen molar-refractivity contribution >= 4 is 27.3 Å². The first-order valence-electron chi connectivity index (χ1n) is 12.0. The summed E-state index contributed by atoms with van der Waals surface area (Å²) < 4.78 is 38.7. The van der Waals surface area contributed by atoms with Crippen LogP contribution in [0.5, 0.6) is 0 Å². The number of anilines is 2. The van der Waals surface area contributed by atoms with Crippen molar-refractivity contribution in [1.29, 1.82) is 0 Å². The number of fused-ring (bicyclic) bond motifs is 1. The van der Waals surface area contributed by atoms with Gasteiger partial charge in [0.1, 0.15) is 0 Å². The summed E-state index contributed by atoms with van der Waals surface area (Å²) in [6, 6.07) is 11.3. The number of amides is 1. The zero-order valence-electron chi connectivity index (χ0n) is 19.3. The first-order chi connectivity index (χ1) is 16.5. The van der Waals surface area contributed by atoms with Crippen LogP contribution in [-0.4, -0.2) is 71.2 Å². The number of ether oxygens (including phenoxy) is 2. The fraction of sp³-hybridized carbons (Fsp3) is 0.480. The highest BCUT2D eigenvalue weighted by Gasteiger charge is 2.28. The average molecular weight is 486 g/mol. The third-order valence-corrected chi connectivity index (χ3v) is 8.62. The van der Waals surface area contributed by atoms with Crippen molar-refractivity contribution in [2.75, 3.05) is 62.8 Å². The number of nitrogens with zero attached hydrogens (tertiary/aromatic N) is 2. The minimum atomic E-state index is -3.67. The smallest absolute Gasteiger partial charge is 0.243 e. The lowest BCUT2D eigenvalue weighted by Gasteiger charge is -2.31. The summed E-state index contributed by atoms with van der Waals surface area (Å²) in [6.07, 6.45) is 3.58. The minimum Gasteiger partial charge on any atom is -0.379 e. The van der Waals surface area contributed by atoms with Crippen LogP contribution in [-0.2, 0) is 43.6 Å². The second kappa shape index (κ2) is 10.0. The molecule has 0 radical (unpaired) electrons. The quantitative estimate of drug-likeness (QED) is 0.675. The van der Waals surface area contributed by atoms with Gasteiger partial charge in [0.25, 0.3) is 0 Å². The maximum absolute atomic E-state index is 13.2. The second-order valence-corrected chi connectivity index (χ2v) is 10.9. The van der Waals surface area contributed by atoms with Crippen LogP contribution in [0.4, 0.5) is 11.4 Å². The number of aryl methyl sites for hydroxylation is 2. The molecule has 0 unspecified atom stereocenters. The van der Waals surface area contributed by atoms with E-state index in [0.29, 0.717) is 58.3 Å². The average Bonchev–Trinajstić information content (AvgIpc) is 3.33. The summed E-state index contributed by atoms with van der Waals surface area (Å²) in [5.41, 5.74) is 5.01. The summed E-state index contributed by atoms with van der Waals surface area (Å²) in [6.45, 7) is 3.98. The largest absolute Gasteiger partial charge is 0.379 e. The molecular formula is C25H31N3O5S. The number of carbonyl (C=O) groups excluding carboxylic acids is 1. The van der Waals surface area contributed by atoms with Crippen LogP contribution in [0, 0.1) is 0 Å². The van der Waals surface area contributed by atoms with Crippen molar-refractivity contribution in [3.63, 3.8) is 0 Å². The number of carbonyl (C=O) groups is 1. The number of sulfonamides is 1. The fourth-order valence-electron chi connectivity index (χ4n) is 4.91. The third kappa shape index (κ3) is 4.98. The SMILES string of the molecule is O=C(Cc1ccc2c(c1)CCC2)Nc1cc(S(=O)(=O)N2CCOCC2)ccc1N1CCOCC1. The van der Waals surface area contributed by atoms with E-state index in [4.69, 9.17) is 9.47 Å². The van der Waals surface area contributed by atoms with Gasteiger partial charge in [-0.25, -0.2) is 8.42 Å². The van der Waals surface area contributed by atoms with Gasteiger partial charge in [-0.1, -0.05) is 18.2 Å². The molecule has 8 nitrogen and oxygen atoms in total. The first-order valence-corrected chi connectivity index (χ1v) is 13.4. The van der Waals surface area contributed by atoms with Gasteiger partial charge in [-0.15, -0.1) is 0 Å². The number of hydrogen-bond acceptors (Lipinski definition) is 6. The van der Waals surface area contributed by atoms with Crippen LogP contribution >= 0.6 is 0 Å². The molecule has 34 heavy (non-hydrogen) atoms. The van der Waals surface area contributed by atoms with E-state index in [9.17, 15) is 13.2 Å². The Morgan fingerprint density at radius 1 is 0.882 bits per heavy atom. The van der Waals surface area contributed by atoms with E-state index in [2.05, 4.69) is 22.3 Å². The van der Waals surface area contributed by atoms with E-state index >= 15 is 0 Å². The molecule has 5 rings (SSSR count). The molecule has 1 aliphatic carbocycles. The first kappa shape index (κ1) is 23.3. The Kier molecular flexibility index (Phi) is 6.87. The molecule has 9 heteroatoms. The molecule has 0 saturated carbocycles. The van der Waals surface area contributed by atoms with Crippen molar-refractivity contribution in [2.45, 2.75) is 30.6 Å². The Morgan fingerprint density at radius 3 is 2.35 bits per heavy atom. The molecule has 0 aromatic heterocycles. The lowest BCUT2D eigenvalue weighted by atomic mass is 10.0. The van der Waals surface area contributed by atoms with Crippen LogP contribution < -0.4 is 10.2 Å². The Bertz CT molecular complexity index is 1160. The molecule has 2 fully saturated rings. The van der Waals surface area contributed by atoms with E-state index in [0.717, 1.165) is 30.5 Å². The fourth-order valence-corrected chi connectivity index (χ4v) is 6.34. The standard InChI is InChI=1S/C25H31N3O5S/c29-25(17-19-4-5-20-2-1-3-21(20)16-19)26-23-18-22(34(30,31)28-10-14-33-15-11-28)6-7-24(23)27-8-12-32-13-9-27/h4-7,16,18H,1-3,8-15,17H2,(H,26,29). The molecule has 1 N–H and O–H groups in total. The molecule has 2 aromatic rings. The molecule has 2 aliphatic heterocycles. The monoisotopic (exact) mass is 485 g/mol. The number of rotatable bonds is 6. The highest BCUT2D eigenvalue weighted by Crippen LogP contribution is 2.31. The van der Waals surface area contributed by atoms with Gasteiger partial charge >= 0.3 is 0 Å². The van der Waals surface area contributed by atoms with E-state index in [1.165, 1.54) is 15.4 Å². The molecule has 3 aliphatic rings. The van der Waals surface area contributed by atoms with Gasteiger partial charge in [0.05, 0.1) is 49.1 Å². The van der Waals surface area contributed by atoms with Gasteiger partial charge in [0.2, 0.25) is 15.9 Å². The third-order valence-electron chi connectivity index (χ3n) is 6.73. The summed E-state index contributed by atoms with van der Waals surface area (Å²) >= 11 is 0.